The van der Waals surface area contributed by atoms with Gasteiger partial charge in [0.15, 0.2) is 0 Å². The molecule has 0 aliphatic carbocycles. The number of hydrogen-bond donors (Lipinski definition) is 1. The maximum Gasteiger partial charge on any atom is 0.135 e. The van der Waals surface area contributed by atoms with E-state index in [4.69, 9.17) is 16.0 Å². The predicted octanol–water partition coefficient (Wildman–Crippen LogP) is 3.96. The van der Waals surface area contributed by atoms with Crippen molar-refractivity contribution in [3.05, 3.63) is 46.7 Å². The second-order valence-corrected chi connectivity index (χ2v) is 4.27. The fourth-order valence-corrected chi connectivity index (χ4v) is 1.76. The van der Waals surface area contributed by atoms with E-state index in [-0.39, 0.29) is 0 Å². The minimum absolute atomic E-state index is 0.549. The molecule has 1 heterocycles. The number of benzene rings is 1. The first-order valence-corrected chi connectivity index (χ1v) is 5.50. The minimum atomic E-state index is -0.600. The number of aliphatic hydroxyl groups is 1. The van der Waals surface area contributed by atoms with Crippen molar-refractivity contribution in [3.63, 3.8) is 0 Å². The lowest BCUT2D eigenvalue weighted by atomic mass is 10.1. The molecule has 0 aliphatic heterocycles. The Hall–Kier alpha value is -1.25. The highest BCUT2D eigenvalue weighted by Gasteiger charge is 2.11. The first-order valence-electron chi connectivity index (χ1n) is 5.12. The molecule has 2 rings (SSSR count). The van der Waals surface area contributed by atoms with Crippen molar-refractivity contribution >= 4 is 11.6 Å². The Balaban J connectivity index is 2.46. The molecule has 0 saturated carbocycles. The minimum Gasteiger partial charge on any atom is -0.458 e. The van der Waals surface area contributed by atoms with Crippen LogP contribution < -0.4 is 0 Å². The van der Waals surface area contributed by atoms with Gasteiger partial charge in [0, 0.05) is 5.56 Å². The van der Waals surface area contributed by atoms with Crippen molar-refractivity contribution in [1.29, 1.82) is 0 Å². The van der Waals surface area contributed by atoms with E-state index in [1.807, 2.05) is 31.2 Å². The summed E-state index contributed by atoms with van der Waals surface area (Å²) in [5.74, 6) is 1.23. The van der Waals surface area contributed by atoms with Crippen LogP contribution in [-0.2, 0) is 0 Å². The van der Waals surface area contributed by atoms with Gasteiger partial charge >= 0.3 is 0 Å². The van der Waals surface area contributed by atoms with Gasteiger partial charge in [0.25, 0.3) is 0 Å². The summed E-state index contributed by atoms with van der Waals surface area (Å²) in [6.45, 7) is 3.67. The molecule has 1 atom stereocenters. The lowest BCUT2D eigenvalue weighted by molar-refractivity contribution is 0.170. The zero-order valence-electron chi connectivity index (χ0n) is 9.20. The molecule has 1 aromatic heterocycles. The summed E-state index contributed by atoms with van der Waals surface area (Å²) in [5.41, 5.74) is 1.97. The molecule has 1 aromatic carbocycles. The van der Waals surface area contributed by atoms with E-state index in [1.165, 1.54) is 0 Å². The van der Waals surface area contributed by atoms with Gasteiger partial charge in [-0.15, -0.1) is 0 Å². The van der Waals surface area contributed by atoms with Crippen LogP contribution in [0.3, 0.4) is 0 Å². The Bertz CT molecular complexity index is 500. The van der Waals surface area contributed by atoms with Crippen molar-refractivity contribution < 1.29 is 9.52 Å². The van der Waals surface area contributed by atoms with Crippen LogP contribution >= 0.6 is 11.6 Å². The van der Waals surface area contributed by atoms with Gasteiger partial charge in [0.2, 0.25) is 0 Å². The summed E-state index contributed by atoms with van der Waals surface area (Å²) in [7, 11) is 0. The van der Waals surface area contributed by atoms with Crippen molar-refractivity contribution in [2.24, 2.45) is 0 Å². The van der Waals surface area contributed by atoms with Gasteiger partial charge in [-0.2, -0.15) is 0 Å². The van der Waals surface area contributed by atoms with E-state index >= 15 is 0 Å². The number of furan rings is 1. The summed E-state index contributed by atoms with van der Waals surface area (Å²) < 4.78 is 5.53. The number of aryl methyl sites for hydroxylation is 1. The Morgan fingerprint density at radius 2 is 2.00 bits per heavy atom. The van der Waals surface area contributed by atoms with Gasteiger partial charge in [-0.1, -0.05) is 23.2 Å². The molecule has 0 radical (unpaired) electrons. The van der Waals surface area contributed by atoms with Crippen LogP contribution in [0.4, 0.5) is 0 Å². The summed E-state index contributed by atoms with van der Waals surface area (Å²) in [5, 5.41) is 10.0. The van der Waals surface area contributed by atoms with Crippen molar-refractivity contribution in [3.8, 4) is 11.3 Å². The van der Waals surface area contributed by atoms with Crippen LogP contribution in [0.25, 0.3) is 11.3 Å². The van der Waals surface area contributed by atoms with Crippen molar-refractivity contribution in [2.75, 3.05) is 0 Å². The second-order valence-electron chi connectivity index (χ2n) is 3.86. The normalized spacial score (nSPS) is 12.8. The third-order valence-corrected chi connectivity index (χ3v) is 2.76. The zero-order chi connectivity index (χ0) is 11.7. The third kappa shape index (κ3) is 2.13. The van der Waals surface area contributed by atoms with Crippen LogP contribution in [0.1, 0.15) is 24.4 Å². The molecule has 2 aromatic rings. The summed E-state index contributed by atoms with van der Waals surface area (Å²) >= 11 is 6.10. The Morgan fingerprint density at radius 3 is 2.62 bits per heavy atom. The highest BCUT2D eigenvalue weighted by Crippen LogP contribution is 2.31. The fourth-order valence-electron chi connectivity index (χ4n) is 1.55. The van der Waals surface area contributed by atoms with E-state index in [1.54, 1.807) is 13.0 Å². The summed E-state index contributed by atoms with van der Waals surface area (Å²) in [6, 6.07) is 9.34. The Kier molecular flexibility index (Phi) is 3.03. The molecule has 0 aliphatic rings. The molecule has 1 N–H and O–H groups in total. The Labute approximate surface area is 99.5 Å². The average molecular weight is 237 g/mol. The maximum atomic E-state index is 9.38. The SMILES string of the molecule is Cc1ccc(Cl)c(-c2ccc(C(C)O)o2)c1. The molecule has 1 unspecified atom stereocenters. The first kappa shape index (κ1) is 11.2. The number of hydrogen-bond acceptors (Lipinski definition) is 2. The van der Waals surface area contributed by atoms with E-state index in [0.717, 1.165) is 11.1 Å². The molecule has 0 bridgehead atoms. The predicted molar refractivity (Wildman–Crippen MR) is 64.5 cm³/mol. The van der Waals surface area contributed by atoms with Gasteiger partial charge in [-0.3, -0.25) is 0 Å². The standard InChI is InChI=1S/C13H13ClO2/c1-8-3-4-11(14)10(7-8)13-6-5-12(16-13)9(2)15/h3-7,9,15H,1-2H3. The van der Waals surface area contributed by atoms with Crippen molar-refractivity contribution in [1.82, 2.24) is 0 Å². The number of halogens is 1. The highest BCUT2D eigenvalue weighted by atomic mass is 35.5. The second kappa shape index (κ2) is 4.32. The third-order valence-electron chi connectivity index (χ3n) is 2.43. The number of rotatable bonds is 2. The van der Waals surface area contributed by atoms with E-state index in [2.05, 4.69) is 0 Å². The largest absolute Gasteiger partial charge is 0.458 e. The highest BCUT2D eigenvalue weighted by molar-refractivity contribution is 6.33. The van der Waals surface area contributed by atoms with Crippen LogP contribution in [-0.4, -0.2) is 5.11 Å². The summed E-state index contributed by atoms with van der Waals surface area (Å²) in [4.78, 5) is 0. The topological polar surface area (TPSA) is 33.4 Å². The molecular formula is C13H13ClO2. The van der Waals surface area contributed by atoms with Crippen LogP contribution in [0.5, 0.6) is 0 Å². The number of aliphatic hydroxyl groups excluding tert-OH is 1. The van der Waals surface area contributed by atoms with Crippen LogP contribution in [0.15, 0.2) is 34.7 Å². The molecule has 0 amide bonds. The van der Waals surface area contributed by atoms with E-state index in [0.29, 0.717) is 16.5 Å². The molecule has 0 spiro atoms. The van der Waals surface area contributed by atoms with E-state index < -0.39 is 6.10 Å². The molecule has 0 saturated heterocycles. The van der Waals surface area contributed by atoms with E-state index in [9.17, 15) is 5.11 Å². The molecular weight excluding hydrogens is 224 g/mol. The first-order chi connectivity index (χ1) is 7.58. The monoisotopic (exact) mass is 236 g/mol. The van der Waals surface area contributed by atoms with Gasteiger partial charge in [-0.25, -0.2) is 0 Å². The molecule has 84 valence electrons. The summed E-state index contributed by atoms with van der Waals surface area (Å²) in [6.07, 6.45) is -0.600. The molecule has 2 nitrogen and oxygen atoms in total. The molecule has 3 heteroatoms. The smallest absolute Gasteiger partial charge is 0.135 e. The zero-order valence-corrected chi connectivity index (χ0v) is 9.95. The lowest BCUT2D eigenvalue weighted by Crippen LogP contribution is -1.85. The maximum absolute atomic E-state index is 9.38. The van der Waals surface area contributed by atoms with Gasteiger partial charge in [0.05, 0.1) is 5.02 Å². The Morgan fingerprint density at radius 1 is 1.25 bits per heavy atom. The van der Waals surface area contributed by atoms with Crippen LogP contribution in [0.2, 0.25) is 5.02 Å². The fraction of sp³-hybridized carbons (Fsp3) is 0.231. The average Bonchev–Trinajstić information content (AvgIpc) is 2.70. The van der Waals surface area contributed by atoms with Gasteiger partial charge in [0.1, 0.15) is 17.6 Å². The molecule has 16 heavy (non-hydrogen) atoms. The van der Waals surface area contributed by atoms with Crippen LogP contribution in [0, 0.1) is 6.92 Å². The quantitative estimate of drug-likeness (QED) is 0.856. The van der Waals surface area contributed by atoms with Gasteiger partial charge in [-0.05, 0) is 38.1 Å². The van der Waals surface area contributed by atoms with Crippen molar-refractivity contribution in [2.45, 2.75) is 20.0 Å². The van der Waals surface area contributed by atoms with Gasteiger partial charge < -0.3 is 9.52 Å². The lowest BCUT2D eigenvalue weighted by Gasteiger charge is -2.03. The molecule has 0 fully saturated rings.